The van der Waals surface area contributed by atoms with Gasteiger partial charge in [0.1, 0.15) is 0 Å². The van der Waals surface area contributed by atoms with E-state index in [0.29, 0.717) is 0 Å². The van der Waals surface area contributed by atoms with Crippen LogP contribution in [-0.4, -0.2) is 0 Å². The van der Waals surface area contributed by atoms with E-state index in [4.69, 9.17) is 0 Å². The molecule has 20 aromatic rings. The zero-order chi connectivity index (χ0) is 65.3. The predicted molar refractivity (Wildman–Crippen MR) is 428 cm³/mol. The first-order valence-corrected chi connectivity index (χ1v) is 35.0. The van der Waals surface area contributed by atoms with Crippen LogP contribution in [0.3, 0.4) is 0 Å². The maximum Gasteiger partial charge on any atom is -0.000717 e. The van der Waals surface area contributed by atoms with Crippen LogP contribution in [0.1, 0.15) is 0 Å². The summed E-state index contributed by atoms with van der Waals surface area (Å²) in [5, 5.41) is 22.6. The van der Waals surface area contributed by atoms with Gasteiger partial charge in [-0.25, -0.2) is 0 Å². The monoisotopic (exact) mass is 1260 g/mol. The van der Waals surface area contributed by atoms with Gasteiger partial charge < -0.3 is 0 Å². The van der Waals surface area contributed by atoms with Crippen LogP contribution in [0.4, 0.5) is 0 Å². The van der Waals surface area contributed by atoms with Gasteiger partial charge in [-0.05, 0) is 267 Å². The van der Waals surface area contributed by atoms with E-state index < -0.39 is 0 Å². The molecule has 0 spiro atoms. The molecule has 0 saturated heterocycles. The van der Waals surface area contributed by atoms with Crippen molar-refractivity contribution in [3.8, 4) is 134 Å². The first kappa shape index (κ1) is 55.2. The van der Waals surface area contributed by atoms with E-state index in [1.165, 1.54) is 230 Å². The van der Waals surface area contributed by atoms with E-state index in [2.05, 4.69) is 352 Å². The molecule has 0 fully saturated rings. The van der Waals surface area contributed by atoms with Crippen LogP contribution in [0, 0.1) is 0 Å². The average molecular weight is 1260 g/mol. The van der Waals surface area contributed by atoms with Crippen molar-refractivity contribution in [2.45, 2.75) is 0 Å². The van der Waals surface area contributed by atoms with Crippen molar-refractivity contribution in [1.82, 2.24) is 0 Å². The largest absolute Gasteiger partial charge is 0.0622 e. The van der Waals surface area contributed by atoms with Gasteiger partial charge in [-0.3, -0.25) is 0 Å². The lowest BCUT2D eigenvalue weighted by molar-refractivity contribution is 1.55. The summed E-state index contributed by atoms with van der Waals surface area (Å²) in [4.78, 5) is 0. The fraction of sp³-hybridized carbons (Fsp3) is 0. The van der Waals surface area contributed by atoms with E-state index in [0.717, 1.165) is 0 Å². The molecule has 0 N–H and O–H groups in total. The molecule has 100 heavy (non-hydrogen) atoms. The van der Waals surface area contributed by atoms with Crippen molar-refractivity contribution >= 4 is 97.0 Å². The van der Waals surface area contributed by atoms with E-state index in [1.807, 2.05) is 0 Å². The molecule has 0 nitrogen and oxygen atoms in total. The van der Waals surface area contributed by atoms with Crippen LogP contribution in [0.2, 0.25) is 0 Å². The molecule has 2 aliphatic carbocycles. The molecule has 0 unspecified atom stereocenters. The summed E-state index contributed by atoms with van der Waals surface area (Å²) >= 11 is 0. The lowest BCUT2D eigenvalue weighted by Gasteiger charge is -2.26. The van der Waals surface area contributed by atoms with E-state index >= 15 is 0 Å². The predicted octanol–water partition coefficient (Wildman–Crippen LogP) is 28.1. The number of hydrogen-bond acceptors (Lipinski definition) is 0. The highest BCUT2D eigenvalue weighted by molar-refractivity contribution is 6.42. The van der Waals surface area contributed by atoms with Gasteiger partial charge in [0, 0.05) is 0 Å². The molecule has 0 aliphatic heterocycles. The van der Waals surface area contributed by atoms with Crippen LogP contribution < -0.4 is 0 Å². The molecule has 0 bridgehead atoms. The van der Waals surface area contributed by atoms with Crippen LogP contribution in [-0.2, 0) is 0 Å². The maximum atomic E-state index is 2.54. The molecule has 2 aliphatic rings. The third-order valence-corrected chi connectivity index (χ3v) is 22.4. The van der Waals surface area contributed by atoms with Gasteiger partial charge in [0.2, 0.25) is 0 Å². The molecule has 0 saturated carbocycles. The smallest absolute Gasteiger partial charge is 0.000717 e. The van der Waals surface area contributed by atoms with Gasteiger partial charge in [-0.1, -0.05) is 315 Å². The van der Waals surface area contributed by atoms with Crippen molar-refractivity contribution in [3.63, 3.8) is 0 Å². The maximum absolute atomic E-state index is 2.54. The topological polar surface area (TPSA) is 0 Å². The lowest BCUT2D eigenvalue weighted by atomic mass is 9.76. The fourth-order valence-electron chi connectivity index (χ4n) is 18.1. The normalized spacial score (nSPS) is 12.2. The van der Waals surface area contributed by atoms with Crippen LogP contribution >= 0.6 is 0 Å². The molecule has 0 aromatic heterocycles. The highest BCUT2D eigenvalue weighted by Gasteiger charge is 2.38. The second kappa shape index (κ2) is 21.2. The summed E-state index contributed by atoms with van der Waals surface area (Å²) in [6.45, 7) is 0. The number of fused-ring (bicyclic) bond motifs is 13. The molecule has 0 radical (unpaired) electrons. The zero-order valence-corrected chi connectivity index (χ0v) is 54.5. The summed E-state index contributed by atoms with van der Waals surface area (Å²) in [5.41, 5.74) is 29.7. The zero-order valence-electron chi connectivity index (χ0n) is 54.5. The van der Waals surface area contributed by atoms with Gasteiger partial charge in [-0.2, -0.15) is 0 Å². The molecular formula is C100H58. The van der Waals surface area contributed by atoms with Gasteiger partial charge in [0.05, 0.1) is 0 Å². The van der Waals surface area contributed by atoms with E-state index in [-0.39, 0.29) is 0 Å². The summed E-state index contributed by atoms with van der Waals surface area (Å²) in [7, 11) is 0. The molecule has 20 aromatic carbocycles. The minimum absolute atomic E-state index is 1.19. The Hall–Kier alpha value is -13.0. The van der Waals surface area contributed by atoms with E-state index in [9.17, 15) is 0 Å². The minimum atomic E-state index is 1.19. The second-order valence-electron chi connectivity index (χ2n) is 27.5. The second-order valence-corrected chi connectivity index (χ2v) is 27.5. The fourth-order valence-corrected chi connectivity index (χ4v) is 18.1. The minimum Gasteiger partial charge on any atom is -0.0622 e. The summed E-state index contributed by atoms with van der Waals surface area (Å²) in [5.74, 6) is 0. The molecule has 0 atom stereocenters. The van der Waals surface area contributed by atoms with Crippen LogP contribution in [0.25, 0.3) is 230 Å². The quantitative estimate of drug-likeness (QED) is 0.105. The van der Waals surface area contributed by atoms with Crippen molar-refractivity contribution < 1.29 is 0 Å². The highest BCUT2D eigenvalue weighted by Crippen LogP contribution is 2.65. The summed E-state index contributed by atoms with van der Waals surface area (Å²) in [6.07, 6.45) is 0. The number of benzene rings is 20. The van der Waals surface area contributed by atoms with Gasteiger partial charge in [0.25, 0.3) is 0 Å². The van der Waals surface area contributed by atoms with Crippen LogP contribution in [0.5, 0.6) is 0 Å². The Morgan fingerprint density at radius 1 is 0.110 bits per heavy atom. The molecule has 22 rings (SSSR count). The van der Waals surface area contributed by atoms with Crippen molar-refractivity contribution in [3.05, 3.63) is 352 Å². The third-order valence-electron chi connectivity index (χ3n) is 22.4. The molecular weight excluding hydrogens is 1200 g/mol. The molecule has 458 valence electrons. The van der Waals surface area contributed by atoms with Crippen molar-refractivity contribution in [2.75, 3.05) is 0 Å². The Morgan fingerprint density at radius 2 is 0.350 bits per heavy atom. The van der Waals surface area contributed by atoms with Gasteiger partial charge in [0.15, 0.2) is 0 Å². The Morgan fingerprint density at radius 3 is 0.650 bits per heavy atom. The van der Waals surface area contributed by atoms with Gasteiger partial charge in [-0.15, -0.1) is 0 Å². The standard InChI is InChI=1S/C100H58/c1-5-25-63(26-6-1)83-57-85-86(58-84(83)64-27-7-2-8-28-64)88(72-42-38-60-22-14-18-34-68(60)54-72)98-80-50-46-76-78-48-52-82-96-81(51-47-77(94(78)96)75-45-49-79(95(80)93(75)76)97(98)87(85)71-41-37-59-21-13-17-33-67(59)53-71)99-91(73-43-39-61-23-15-19-35-69(61)55-73)89(65-29-9-3-10-30-65)90(66-31-11-4-12-32-66)92(100(82)99)74-44-40-62-24-16-20-36-70(62)56-74/h1-58H. The van der Waals surface area contributed by atoms with Crippen molar-refractivity contribution in [2.24, 2.45) is 0 Å². The first-order valence-electron chi connectivity index (χ1n) is 35.0. The molecule has 0 amide bonds. The average Bonchev–Trinajstić information content (AvgIpc) is 1.49. The van der Waals surface area contributed by atoms with Gasteiger partial charge >= 0.3 is 0 Å². The third kappa shape index (κ3) is 7.93. The SMILES string of the molecule is c1ccc(-c2cc3c(-c4ccc5ccccc5c4)c4c(c(-c5ccc6ccccc6c5)c3cc2-c2ccccc2)-c2ccc3c5ccc6c7c(ccc(c8ccc-4c2c83)c75)-c2c(-c3ccc4ccccc4c3)c(-c3ccccc3)c(-c3ccccc3)c(-c3ccc4ccccc4c3)c2-6)cc1. The summed E-state index contributed by atoms with van der Waals surface area (Å²) < 4.78 is 0. The Kier molecular flexibility index (Phi) is 11.7. The summed E-state index contributed by atoms with van der Waals surface area (Å²) in [6, 6.07) is 134. The van der Waals surface area contributed by atoms with Crippen LogP contribution in [0.15, 0.2) is 352 Å². The highest BCUT2D eigenvalue weighted by atomic mass is 14.4. The molecule has 0 heterocycles. The Bertz CT molecular complexity index is 6490. The number of rotatable bonds is 8. The number of hydrogen-bond donors (Lipinski definition) is 0. The Balaban J connectivity index is 0.877. The Labute approximate surface area is 578 Å². The lowest BCUT2D eigenvalue weighted by Crippen LogP contribution is -1.99. The molecule has 0 heteroatoms. The first-order chi connectivity index (χ1) is 49.6. The van der Waals surface area contributed by atoms with E-state index in [1.54, 1.807) is 0 Å². The van der Waals surface area contributed by atoms with Crippen molar-refractivity contribution in [1.29, 1.82) is 0 Å².